The Balaban J connectivity index is 1.78. The lowest BCUT2D eigenvalue weighted by Gasteiger charge is -2.26. The number of methoxy groups -OCH3 is 2. The SMILES string of the molecule is COCCCN1C(=O)c2[nH]nc(-c3ccc(OC)cc3)c2C1c1ccc([N+](=O)[O-])cc1. The third-order valence-corrected chi connectivity index (χ3v) is 5.39. The molecule has 1 unspecified atom stereocenters. The standard InChI is InChI=1S/C22H22N4O5/c1-30-13-3-12-25-21(15-4-8-16(9-5-15)26(28)29)18-19(23-24-20(18)22(25)27)14-6-10-17(31-2)11-7-14/h4-11,21H,3,12-13H2,1-2H3,(H,23,24). The molecule has 0 radical (unpaired) electrons. The van der Waals surface area contributed by atoms with Crippen molar-refractivity contribution in [1.82, 2.24) is 15.1 Å². The number of amides is 1. The van der Waals surface area contributed by atoms with E-state index in [9.17, 15) is 14.9 Å². The van der Waals surface area contributed by atoms with Crippen LogP contribution in [0.5, 0.6) is 5.75 Å². The van der Waals surface area contributed by atoms with Crippen molar-refractivity contribution in [1.29, 1.82) is 0 Å². The summed E-state index contributed by atoms with van der Waals surface area (Å²) in [6, 6.07) is 13.3. The van der Waals surface area contributed by atoms with E-state index in [4.69, 9.17) is 9.47 Å². The van der Waals surface area contributed by atoms with Crippen LogP contribution in [0.1, 0.15) is 34.1 Å². The second kappa shape index (κ2) is 8.57. The molecule has 31 heavy (non-hydrogen) atoms. The first-order valence-corrected chi connectivity index (χ1v) is 9.82. The first-order valence-electron chi connectivity index (χ1n) is 9.82. The van der Waals surface area contributed by atoms with E-state index >= 15 is 0 Å². The minimum absolute atomic E-state index is 0.00167. The van der Waals surface area contributed by atoms with Crippen LogP contribution in [-0.4, -0.2) is 53.3 Å². The van der Waals surface area contributed by atoms with Crippen molar-refractivity contribution in [3.05, 3.63) is 75.5 Å². The van der Waals surface area contributed by atoms with Crippen molar-refractivity contribution < 1.29 is 19.2 Å². The number of H-pyrrole nitrogens is 1. The molecular formula is C22H22N4O5. The average molecular weight is 422 g/mol. The van der Waals surface area contributed by atoms with Crippen molar-refractivity contribution in [3.63, 3.8) is 0 Å². The van der Waals surface area contributed by atoms with Crippen LogP contribution in [0.25, 0.3) is 11.3 Å². The molecule has 0 aliphatic carbocycles. The molecule has 1 aromatic heterocycles. The summed E-state index contributed by atoms with van der Waals surface area (Å²) in [7, 11) is 3.22. The Morgan fingerprint density at radius 1 is 1.13 bits per heavy atom. The van der Waals surface area contributed by atoms with Gasteiger partial charge in [0.1, 0.15) is 11.4 Å². The molecule has 2 heterocycles. The Hall–Kier alpha value is -3.72. The van der Waals surface area contributed by atoms with Gasteiger partial charge in [0, 0.05) is 43.5 Å². The van der Waals surface area contributed by atoms with Gasteiger partial charge in [0.05, 0.1) is 23.8 Å². The second-order valence-corrected chi connectivity index (χ2v) is 7.19. The number of ether oxygens (including phenoxy) is 2. The zero-order valence-corrected chi connectivity index (χ0v) is 17.2. The maximum Gasteiger partial charge on any atom is 0.273 e. The summed E-state index contributed by atoms with van der Waals surface area (Å²) in [6.07, 6.45) is 0.668. The summed E-state index contributed by atoms with van der Waals surface area (Å²) < 4.78 is 10.4. The number of nitrogens with zero attached hydrogens (tertiary/aromatic N) is 3. The number of aromatic nitrogens is 2. The number of hydrogen-bond acceptors (Lipinski definition) is 6. The highest BCUT2D eigenvalue weighted by molar-refractivity contribution is 6.00. The second-order valence-electron chi connectivity index (χ2n) is 7.19. The molecule has 3 aromatic rings. The molecule has 0 spiro atoms. The van der Waals surface area contributed by atoms with Crippen LogP contribution >= 0.6 is 0 Å². The molecule has 1 atom stereocenters. The van der Waals surface area contributed by atoms with E-state index in [2.05, 4.69) is 10.2 Å². The minimum atomic E-state index is -0.438. The van der Waals surface area contributed by atoms with Gasteiger partial charge >= 0.3 is 0 Å². The molecule has 1 aliphatic heterocycles. The third-order valence-electron chi connectivity index (χ3n) is 5.39. The zero-order chi connectivity index (χ0) is 22.0. The van der Waals surface area contributed by atoms with Crippen LogP contribution in [0.2, 0.25) is 0 Å². The summed E-state index contributed by atoms with van der Waals surface area (Å²) in [4.78, 5) is 25.6. The first-order chi connectivity index (χ1) is 15.0. The van der Waals surface area contributed by atoms with E-state index in [0.29, 0.717) is 31.0 Å². The number of non-ortho nitro benzene ring substituents is 1. The minimum Gasteiger partial charge on any atom is -0.497 e. The Labute approximate surface area is 178 Å². The number of nitro groups is 1. The number of benzene rings is 2. The van der Waals surface area contributed by atoms with Gasteiger partial charge in [-0.2, -0.15) is 5.10 Å². The molecule has 1 aliphatic rings. The van der Waals surface area contributed by atoms with Gasteiger partial charge in [-0.1, -0.05) is 0 Å². The number of nitro benzene ring substituents is 1. The van der Waals surface area contributed by atoms with Crippen LogP contribution in [0.15, 0.2) is 48.5 Å². The molecule has 0 bridgehead atoms. The molecule has 160 valence electrons. The van der Waals surface area contributed by atoms with Crippen LogP contribution in [0.3, 0.4) is 0 Å². The topological polar surface area (TPSA) is 111 Å². The number of hydrogen-bond donors (Lipinski definition) is 1. The van der Waals surface area contributed by atoms with E-state index in [1.54, 1.807) is 31.3 Å². The summed E-state index contributed by atoms with van der Waals surface area (Å²) in [5.41, 5.74) is 3.50. The van der Waals surface area contributed by atoms with Crippen LogP contribution in [0, 0.1) is 10.1 Å². The number of carbonyl (C=O) groups is 1. The Morgan fingerprint density at radius 2 is 1.84 bits per heavy atom. The third kappa shape index (κ3) is 3.75. The fourth-order valence-corrected chi connectivity index (χ4v) is 3.90. The van der Waals surface area contributed by atoms with E-state index in [1.165, 1.54) is 12.1 Å². The molecule has 0 saturated heterocycles. The van der Waals surface area contributed by atoms with Gasteiger partial charge in [0.15, 0.2) is 0 Å². The van der Waals surface area contributed by atoms with E-state index < -0.39 is 11.0 Å². The lowest BCUT2D eigenvalue weighted by molar-refractivity contribution is -0.384. The number of carbonyl (C=O) groups excluding carboxylic acids is 1. The van der Waals surface area contributed by atoms with Crippen LogP contribution < -0.4 is 4.74 Å². The molecule has 4 rings (SSSR count). The quantitative estimate of drug-likeness (QED) is 0.337. The normalized spacial score (nSPS) is 15.2. The average Bonchev–Trinajstić information content (AvgIpc) is 3.33. The monoisotopic (exact) mass is 422 g/mol. The molecule has 1 amide bonds. The molecule has 1 N–H and O–H groups in total. The van der Waals surface area contributed by atoms with Crippen molar-refractivity contribution in [2.75, 3.05) is 27.4 Å². The molecular weight excluding hydrogens is 400 g/mol. The van der Waals surface area contributed by atoms with Gasteiger partial charge in [0.25, 0.3) is 11.6 Å². The summed E-state index contributed by atoms with van der Waals surface area (Å²) in [5, 5.41) is 18.4. The molecule has 9 nitrogen and oxygen atoms in total. The van der Waals surface area contributed by atoms with E-state index in [-0.39, 0.29) is 11.6 Å². The number of rotatable bonds is 8. The molecule has 2 aromatic carbocycles. The molecule has 0 fully saturated rings. The van der Waals surface area contributed by atoms with Gasteiger partial charge in [-0.05, 0) is 48.4 Å². The van der Waals surface area contributed by atoms with Crippen molar-refractivity contribution in [3.8, 4) is 17.0 Å². The van der Waals surface area contributed by atoms with Crippen LogP contribution in [-0.2, 0) is 4.74 Å². The summed E-state index contributed by atoms with van der Waals surface area (Å²) >= 11 is 0. The van der Waals surface area contributed by atoms with E-state index in [1.807, 2.05) is 24.3 Å². The van der Waals surface area contributed by atoms with Gasteiger partial charge in [-0.3, -0.25) is 20.0 Å². The highest BCUT2D eigenvalue weighted by Gasteiger charge is 2.41. The maximum absolute atomic E-state index is 13.2. The Kier molecular flexibility index (Phi) is 5.68. The van der Waals surface area contributed by atoms with Gasteiger partial charge in [0.2, 0.25) is 0 Å². The van der Waals surface area contributed by atoms with E-state index in [0.717, 1.165) is 22.4 Å². The van der Waals surface area contributed by atoms with Gasteiger partial charge in [-0.25, -0.2) is 0 Å². The first kappa shape index (κ1) is 20.5. The lowest BCUT2D eigenvalue weighted by atomic mass is 9.96. The van der Waals surface area contributed by atoms with Crippen molar-refractivity contribution in [2.45, 2.75) is 12.5 Å². The van der Waals surface area contributed by atoms with Crippen LogP contribution in [0.4, 0.5) is 5.69 Å². The lowest BCUT2D eigenvalue weighted by Crippen LogP contribution is -2.31. The summed E-state index contributed by atoms with van der Waals surface area (Å²) in [6.45, 7) is 1.01. The fraction of sp³-hybridized carbons (Fsp3) is 0.273. The Morgan fingerprint density at radius 3 is 2.45 bits per heavy atom. The summed E-state index contributed by atoms with van der Waals surface area (Å²) in [5.74, 6) is 0.571. The Bertz CT molecular complexity index is 1090. The highest BCUT2D eigenvalue weighted by Crippen LogP contribution is 2.43. The van der Waals surface area contributed by atoms with Gasteiger partial charge < -0.3 is 14.4 Å². The predicted molar refractivity (Wildman–Crippen MR) is 113 cm³/mol. The molecule has 0 saturated carbocycles. The fourth-order valence-electron chi connectivity index (χ4n) is 3.90. The highest BCUT2D eigenvalue weighted by atomic mass is 16.6. The maximum atomic E-state index is 13.2. The molecule has 9 heteroatoms. The number of fused-ring (bicyclic) bond motifs is 1. The number of aromatic amines is 1. The smallest absolute Gasteiger partial charge is 0.273 e. The largest absolute Gasteiger partial charge is 0.497 e. The van der Waals surface area contributed by atoms with Crippen molar-refractivity contribution >= 4 is 11.6 Å². The predicted octanol–water partition coefficient (Wildman–Crippen LogP) is 3.58. The van der Waals surface area contributed by atoms with Gasteiger partial charge in [-0.15, -0.1) is 0 Å². The van der Waals surface area contributed by atoms with Crippen molar-refractivity contribution in [2.24, 2.45) is 0 Å². The zero-order valence-electron chi connectivity index (χ0n) is 17.2. The number of nitrogens with one attached hydrogen (secondary N) is 1.